The molecular weight excluding hydrogens is 266 g/mol. The molecule has 0 aromatic carbocycles. The molecule has 2 aromatic heterocycles. The molecule has 0 saturated heterocycles. The van der Waals surface area contributed by atoms with E-state index in [-0.39, 0.29) is 5.15 Å². The zero-order valence-corrected chi connectivity index (χ0v) is 10.1. The fourth-order valence-corrected chi connectivity index (χ4v) is 2.00. The maximum Gasteiger partial charge on any atom is 0.339 e. The molecule has 0 aliphatic heterocycles. The van der Waals surface area contributed by atoms with E-state index in [0.29, 0.717) is 10.2 Å². The van der Waals surface area contributed by atoms with Crippen molar-refractivity contribution in [2.24, 2.45) is 7.05 Å². The van der Waals surface area contributed by atoms with Gasteiger partial charge >= 0.3 is 11.1 Å². The molecule has 2 heterocycles. The molecule has 0 aliphatic carbocycles. The summed E-state index contributed by atoms with van der Waals surface area (Å²) in [5, 5.41) is 3.46. The number of aromatic nitrogens is 5. The van der Waals surface area contributed by atoms with Crippen molar-refractivity contribution in [1.82, 2.24) is 24.7 Å². The molecule has 0 spiro atoms. The van der Waals surface area contributed by atoms with Gasteiger partial charge in [-0.05, 0) is 11.8 Å². The highest BCUT2D eigenvalue weighted by molar-refractivity contribution is 7.99. The standard InChI is InChI=1S/C8H6ClN5O2S/c1-14-8(12-6(15)7(16)13-14)17-5-2-4(9)10-3-11-5/h2-3H,1H3,(H,13,16). The monoisotopic (exact) mass is 271 g/mol. The molecule has 9 heteroatoms. The normalized spacial score (nSPS) is 10.5. The van der Waals surface area contributed by atoms with Crippen LogP contribution in [0.2, 0.25) is 5.15 Å². The molecule has 0 saturated carbocycles. The van der Waals surface area contributed by atoms with Crippen molar-refractivity contribution in [3.8, 4) is 0 Å². The van der Waals surface area contributed by atoms with Crippen LogP contribution >= 0.6 is 23.4 Å². The quantitative estimate of drug-likeness (QED) is 0.613. The predicted octanol–water partition coefficient (Wildman–Crippen LogP) is 0.0632. The van der Waals surface area contributed by atoms with Crippen LogP contribution in [0.1, 0.15) is 0 Å². The molecule has 7 nitrogen and oxygen atoms in total. The average Bonchev–Trinajstić information content (AvgIpc) is 2.26. The topological polar surface area (TPSA) is 93.5 Å². The van der Waals surface area contributed by atoms with Crippen LogP contribution in [0.4, 0.5) is 0 Å². The SMILES string of the molecule is Cn1[nH]c(=O)c(=O)nc1Sc1cc(Cl)ncn1. The summed E-state index contributed by atoms with van der Waals surface area (Å²) in [5.41, 5.74) is -1.61. The number of nitrogens with one attached hydrogen (secondary N) is 1. The fraction of sp³-hybridized carbons (Fsp3) is 0.125. The summed E-state index contributed by atoms with van der Waals surface area (Å²) in [6, 6.07) is 1.53. The average molecular weight is 272 g/mol. The Morgan fingerprint density at radius 2 is 2.18 bits per heavy atom. The number of hydrogen-bond acceptors (Lipinski definition) is 6. The second kappa shape index (κ2) is 4.68. The predicted molar refractivity (Wildman–Crippen MR) is 61.3 cm³/mol. The van der Waals surface area contributed by atoms with Gasteiger partial charge in [0.15, 0.2) is 5.16 Å². The number of hydrogen-bond donors (Lipinski definition) is 1. The molecule has 0 amide bonds. The van der Waals surface area contributed by atoms with E-state index in [9.17, 15) is 9.59 Å². The third kappa shape index (κ3) is 2.71. The van der Waals surface area contributed by atoms with Gasteiger partial charge in [0.25, 0.3) is 0 Å². The first-order chi connectivity index (χ1) is 8.06. The van der Waals surface area contributed by atoms with Crippen LogP contribution < -0.4 is 11.1 Å². The first-order valence-corrected chi connectivity index (χ1v) is 5.58. The number of aromatic amines is 1. The molecule has 1 N–H and O–H groups in total. The molecule has 0 fully saturated rings. The summed E-state index contributed by atoms with van der Waals surface area (Å²) in [4.78, 5) is 33.4. The molecule has 0 bridgehead atoms. The van der Waals surface area contributed by atoms with Crippen LogP contribution in [0.15, 0.2) is 32.2 Å². The van der Waals surface area contributed by atoms with Gasteiger partial charge in [-0.25, -0.2) is 9.97 Å². The van der Waals surface area contributed by atoms with E-state index in [4.69, 9.17) is 11.6 Å². The molecule has 17 heavy (non-hydrogen) atoms. The lowest BCUT2D eigenvalue weighted by Gasteiger charge is -2.04. The molecule has 0 radical (unpaired) electrons. The molecule has 88 valence electrons. The van der Waals surface area contributed by atoms with Gasteiger partial charge in [0.1, 0.15) is 16.5 Å². The Balaban J connectivity index is 2.40. The fourth-order valence-electron chi connectivity index (χ4n) is 1.02. The zero-order valence-electron chi connectivity index (χ0n) is 8.55. The van der Waals surface area contributed by atoms with E-state index in [1.165, 1.54) is 17.1 Å². The third-order valence-electron chi connectivity index (χ3n) is 1.75. The van der Waals surface area contributed by atoms with Gasteiger partial charge < -0.3 is 0 Å². The van der Waals surface area contributed by atoms with Crippen LogP contribution in [0.3, 0.4) is 0 Å². The highest BCUT2D eigenvalue weighted by Crippen LogP contribution is 2.22. The Morgan fingerprint density at radius 3 is 2.88 bits per heavy atom. The summed E-state index contributed by atoms with van der Waals surface area (Å²) in [6.45, 7) is 0. The molecule has 0 atom stereocenters. The summed E-state index contributed by atoms with van der Waals surface area (Å²) in [7, 11) is 1.57. The number of rotatable bonds is 2. The van der Waals surface area contributed by atoms with Gasteiger partial charge in [-0.3, -0.25) is 19.4 Å². The minimum atomic E-state index is -0.842. The number of nitrogens with zero attached hydrogens (tertiary/aromatic N) is 4. The summed E-state index contributed by atoms with van der Waals surface area (Å²) in [6.07, 6.45) is 1.30. The van der Waals surface area contributed by atoms with Crippen molar-refractivity contribution in [3.05, 3.63) is 38.3 Å². The number of halogens is 1. The van der Waals surface area contributed by atoms with Crippen molar-refractivity contribution in [2.75, 3.05) is 0 Å². The third-order valence-corrected chi connectivity index (χ3v) is 2.94. The van der Waals surface area contributed by atoms with Crippen molar-refractivity contribution in [3.63, 3.8) is 0 Å². The minimum Gasteiger partial charge on any atom is -0.265 e. The van der Waals surface area contributed by atoms with Gasteiger partial charge in [-0.15, -0.1) is 0 Å². The maximum absolute atomic E-state index is 11.1. The van der Waals surface area contributed by atoms with E-state index in [1.54, 1.807) is 7.05 Å². The minimum absolute atomic E-state index is 0.289. The molecule has 0 aliphatic rings. The van der Waals surface area contributed by atoms with E-state index in [2.05, 4.69) is 20.1 Å². The Labute approximate surface area is 104 Å². The molecular formula is C8H6ClN5O2S. The van der Waals surface area contributed by atoms with Crippen LogP contribution in [0, 0.1) is 0 Å². The maximum atomic E-state index is 11.1. The van der Waals surface area contributed by atoms with Gasteiger partial charge in [0.05, 0.1) is 0 Å². The summed E-state index contributed by atoms with van der Waals surface area (Å²) >= 11 is 6.79. The van der Waals surface area contributed by atoms with Crippen molar-refractivity contribution >= 4 is 23.4 Å². The number of aryl methyl sites for hydroxylation is 1. The van der Waals surface area contributed by atoms with Crippen LogP contribution in [0.25, 0.3) is 0 Å². The Bertz CT molecular complexity index is 667. The second-order valence-corrected chi connectivity index (χ2v) is 4.36. The lowest BCUT2D eigenvalue weighted by Crippen LogP contribution is -2.33. The lowest BCUT2D eigenvalue weighted by molar-refractivity contribution is 0.596. The summed E-state index contributed by atoms with van der Waals surface area (Å²) in [5.74, 6) is 0. The van der Waals surface area contributed by atoms with Gasteiger partial charge in [-0.2, -0.15) is 4.98 Å². The van der Waals surface area contributed by atoms with Gasteiger partial charge in [-0.1, -0.05) is 11.6 Å². The Hall–Kier alpha value is -1.67. The first kappa shape index (κ1) is 11.8. The molecule has 2 aromatic rings. The Kier molecular flexibility index (Phi) is 3.25. The zero-order chi connectivity index (χ0) is 12.4. The van der Waals surface area contributed by atoms with E-state index < -0.39 is 11.1 Å². The van der Waals surface area contributed by atoms with Crippen LogP contribution in [-0.2, 0) is 7.05 Å². The van der Waals surface area contributed by atoms with Gasteiger partial charge in [0.2, 0.25) is 0 Å². The Morgan fingerprint density at radius 1 is 1.41 bits per heavy atom. The smallest absolute Gasteiger partial charge is 0.265 e. The van der Waals surface area contributed by atoms with Crippen molar-refractivity contribution in [2.45, 2.75) is 10.2 Å². The van der Waals surface area contributed by atoms with Gasteiger partial charge in [0, 0.05) is 13.1 Å². The van der Waals surface area contributed by atoms with Crippen LogP contribution in [-0.4, -0.2) is 24.7 Å². The largest absolute Gasteiger partial charge is 0.339 e. The van der Waals surface area contributed by atoms with Crippen molar-refractivity contribution in [1.29, 1.82) is 0 Å². The number of H-pyrrole nitrogens is 1. The first-order valence-electron chi connectivity index (χ1n) is 4.39. The molecule has 0 unspecified atom stereocenters. The van der Waals surface area contributed by atoms with E-state index in [0.717, 1.165) is 11.8 Å². The second-order valence-electron chi connectivity index (χ2n) is 2.98. The van der Waals surface area contributed by atoms with E-state index in [1.807, 2.05) is 0 Å². The van der Waals surface area contributed by atoms with E-state index >= 15 is 0 Å². The highest BCUT2D eigenvalue weighted by atomic mass is 35.5. The van der Waals surface area contributed by atoms with Crippen LogP contribution in [0.5, 0.6) is 0 Å². The van der Waals surface area contributed by atoms with Crippen molar-refractivity contribution < 1.29 is 0 Å². The summed E-state index contributed by atoms with van der Waals surface area (Å²) < 4.78 is 1.34. The highest BCUT2D eigenvalue weighted by Gasteiger charge is 2.07. The lowest BCUT2D eigenvalue weighted by atomic mass is 10.7. The molecule has 2 rings (SSSR count).